The lowest BCUT2D eigenvalue weighted by Gasteiger charge is -2.39. The van der Waals surface area contributed by atoms with Gasteiger partial charge in [-0.2, -0.15) is 0 Å². The normalized spacial score (nSPS) is 15.7. The van der Waals surface area contributed by atoms with Crippen LogP contribution in [0.15, 0.2) is 53.5 Å². The number of rotatable bonds is 7. The summed E-state index contributed by atoms with van der Waals surface area (Å²) in [6.07, 6.45) is 2.15. The van der Waals surface area contributed by atoms with Crippen LogP contribution in [0, 0.1) is 0 Å². The van der Waals surface area contributed by atoms with E-state index in [2.05, 4.69) is 18.9 Å². The molecule has 2 aromatic carbocycles. The van der Waals surface area contributed by atoms with Gasteiger partial charge >= 0.3 is 5.97 Å². The van der Waals surface area contributed by atoms with Crippen LogP contribution in [0.25, 0.3) is 11.3 Å². The molecule has 8 heteroatoms. The van der Waals surface area contributed by atoms with E-state index in [0.717, 1.165) is 28.0 Å². The van der Waals surface area contributed by atoms with Crippen molar-refractivity contribution >= 4 is 5.97 Å². The van der Waals surface area contributed by atoms with Gasteiger partial charge in [0.2, 0.25) is 0 Å². The molecule has 3 aromatic rings. The van der Waals surface area contributed by atoms with Crippen molar-refractivity contribution in [2.75, 3.05) is 25.8 Å². The minimum absolute atomic E-state index is 0.000512. The summed E-state index contributed by atoms with van der Waals surface area (Å²) in [5.74, 6) is 0.708. The average Bonchev–Trinajstić information content (AvgIpc) is 3.31. The Morgan fingerprint density at radius 1 is 1.14 bits per heavy atom. The molecule has 36 heavy (non-hydrogen) atoms. The number of hydrogen-bond acceptors (Lipinski definition) is 7. The lowest BCUT2D eigenvalue weighted by Crippen LogP contribution is -2.44. The molecule has 0 amide bonds. The molecule has 0 fully saturated rings. The fourth-order valence-corrected chi connectivity index (χ4v) is 4.91. The van der Waals surface area contributed by atoms with E-state index >= 15 is 0 Å². The van der Waals surface area contributed by atoms with Crippen LogP contribution in [0.3, 0.4) is 0 Å². The second-order valence-electron chi connectivity index (χ2n) is 9.35. The number of carbonyl (C=O) groups excluding carboxylic acids is 1. The van der Waals surface area contributed by atoms with Crippen LogP contribution in [0.5, 0.6) is 11.5 Å². The first-order valence-electron chi connectivity index (χ1n) is 12.0. The van der Waals surface area contributed by atoms with Crippen LogP contribution < -0.4 is 19.9 Å². The third-order valence-corrected chi connectivity index (χ3v) is 6.67. The zero-order chi connectivity index (χ0) is 25.4. The fourth-order valence-electron chi connectivity index (χ4n) is 4.91. The van der Waals surface area contributed by atoms with E-state index in [0.29, 0.717) is 37.6 Å². The second kappa shape index (κ2) is 9.70. The van der Waals surface area contributed by atoms with Crippen LogP contribution in [0.1, 0.15) is 40.9 Å². The molecule has 1 aromatic heterocycles. The van der Waals surface area contributed by atoms with Crippen molar-refractivity contribution < 1.29 is 23.7 Å². The SMILES string of the molecule is COCC1Cc2c3c(cc(OCc4ccccc4)c2O1)-c1cc(=O)c(C(=O)OC)cn1N(C(C)C)C3. The van der Waals surface area contributed by atoms with Crippen LogP contribution in [0.4, 0.5) is 0 Å². The molecular formula is C28H30N2O6. The molecule has 0 saturated heterocycles. The molecule has 2 aliphatic heterocycles. The van der Waals surface area contributed by atoms with Gasteiger partial charge in [0.25, 0.3) is 0 Å². The number of fused-ring (bicyclic) bond motifs is 5. The van der Waals surface area contributed by atoms with Gasteiger partial charge in [0, 0.05) is 43.0 Å². The second-order valence-corrected chi connectivity index (χ2v) is 9.35. The topological polar surface area (TPSA) is 79.2 Å². The largest absolute Gasteiger partial charge is 0.485 e. The predicted molar refractivity (Wildman–Crippen MR) is 135 cm³/mol. The van der Waals surface area contributed by atoms with Crippen LogP contribution >= 0.6 is 0 Å². The number of aromatic nitrogens is 1. The lowest BCUT2D eigenvalue weighted by atomic mass is 9.92. The third-order valence-electron chi connectivity index (χ3n) is 6.67. The summed E-state index contributed by atoms with van der Waals surface area (Å²) in [6, 6.07) is 13.5. The lowest BCUT2D eigenvalue weighted by molar-refractivity contribution is 0.0598. The summed E-state index contributed by atoms with van der Waals surface area (Å²) in [5, 5.41) is 2.12. The maximum Gasteiger partial charge on any atom is 0.343 e. The first-order chi connectivity index (χ1) is 17.4. The van der Waals surface area contributed by atoms with Crippen molar-refractivity contribution in [3.63, 3.8) is 0 Å². The number of hydrogen-bond donors (Lipinski definition) is 0. The molecule has 0 radical (unpaired) electrons. The van der Waals surface area contributed by atoms with Crippen molar-refractivity contribution in [2.45, 2.75) is 45.6 Å². The Bertz CT molecular complexity index is 1350. The van der Waals surface area contributed by atoms with Crippen molar-refractivity contribution in [3.8, 4) is 22.8 Å². The predicted octanol–water partition coefficient (Wildman–Crippen LogP) is 3.69. The summed E-state index contributed by atoms with van der Waals surface area (Å²) >= 11 is 0. The van der Waals surface area contributed by atoms with E-state index in [1.165, 1.54) is 13.2 Å². The zero-order valence-electron chi connectivity index (χ0n) is 20.9. The Balaban J connectivity index is 1.66. The summed E-state index contributed by atoms with van der Waals surface area (Å²) in [5.41, 5.74) is 4.41. The Kier molecular flexibility index (Phi) is 6.45. The number of benzene rings is 2. The maximum absolute atomic E-state index is 12.9. The number of methoxy groups -OCH3 is 2. The number of esters is 1. The highest BCUT2D eigenvalue weighted by molar-refractivity contribution is 5.89. The summed E-state index contributed by atoms with van der Waals surface area (Å²) < 4.78 is 24.7. The summed E-state index contributed by atoms with van der Waals surface area (Å²) in [4.78, 5) is 25.2. The molecule has 0 N–H and O–H groups in total. The molecular weight excluding hydrogens is 460 g/mol. The van der Waals surface area contributed by atoms with Gasteiger partial charge in [-0.1, -0.05) is 30.3 Å². The van der Waals surface area contributed by atoms with Gasteiger partial charge in [-0.15, -0.1) is 0 Å². The molecule has 0 saturated carbocycles. The Hall–Kier alpha value is -3.78. The maximum atomic E-state index is 12.9. The molecule has 5 rings (SSSR count). The highest BCUT2D eigenvalue weighted by atomic mass is 16.6. The number of ether oxygens (including phenoxy) is 4. The molecule has 0 aliphatic carbocycles. The molecule has 188 valence electrons. The minimum atomic E-state index is -0.651. The average molecular weight is 491 g/mol. The Morgan fingerprint density at radius 2 is 1.92 bits per heavy atom. The van der Waals surface area contributed by atoms with Gasteiger partial charge in [-0.3, -0.25) is 9.47 Å². The van der Waals surface area contributed by atoms with E-state index in [1.807, 2.05) is 41.1 Å². The molecule has 8 nitrogen and oxygen atoms in total. The number of carbonyl (C=O) groups is 1. The number of pyridine rings is 1. The van der Waals surface area contributed by atoms with Gasteiger partial charge < -0.3 is 24.0 Å². The quantitative estimate of drug-likeness (QED) is 0.468. The third kappa shape index (κ3) is 4.22. The first-order valence-corrected chi connectivity index (χ1v) is 12.0. The van der Waals surface area contributed by atoms with E-state index in [9.17, 15) is 9.59 Å². The zero-order valence-corrected chi connectivity index (χ0v) is 20.9. The molecule has 2 aliphatic rings. The molecule has 3 heterocycles. The van der Waals surface area contributed by atoms with E-state index in [-0.39, 0.29) is 23.1 Å². The molecule has 0 bridgehead atoms. The van der Waals surface area contributed by atoms with E-state index in [4.69, 9.17) is 18.9 Å². The number of nitrogens with zero attached hydrogens (tertiary/aromatic N) is 2. The first kappa shape index (κ1) is 23.9. The highest BCUT2D eigenvalue weighted by Gasteiger charge is 2.35. The standard InChI is InChI=1S/C28H30N2O6/c1-17(2)29-13-22-20(24-12-25(31)23(14-30(24)29)28(32)34-4)11-26(35-15-18-8-6-5-7-9-18)27-21(22)10-19(36-27)16-33-3/h5-9,11-12,14,17,19H,10,13,15-16H2,1-4H3. The summed E-state index contributed by atoms with van der Waals surface area (Å²) in [6.45, 7) is 5.59. The monoisotopic (exact) mass is 490 g/mol. The minimum Gasteiger partial charge on any atom is -0.485 e. The molecule has 1 atom stereocenters. The van der Waals surface area contributed by atoms with Gasteiger partial charge in [-0.25, -0.2) is 4.79 Å². The van der Waals surface area contributed by atoms with Gasteiger partial charge in [-0.05, 0) is 31.0 Å². The van der Waals surface area contributed by atoms with Crippen LogP contribution in [0.2, 0.25) is 0 Å². The Labute approximate surface area is 209 Å². The van der Waals surface area contributed by atoms with Crippen LogP contribution in [-0.2, 0) is 29.0 Å². The van der Waals surface area contributed by atoms with Crippen molar-refractivity contribution in [3.05, 3.63) is 81.1 Å². The fraction of sp³-hybridized carbons (Fsp3) is 0.357. The molecule has 1 unspecified atom stereocenters. The van der Waals surface area contributed by atoms with Crippen LogP contribution in [-0.4, -0.2) is 43.6 Å². The smallest absolute Gasteiger partial charge is 0.343 e. The van der Waals surface area contributed by atoms with E-state index in [1.54, 1.807) is 13.3 Å². The van der Waals surface area contributed by atoms with E-state index < -0.39 is 5.97 Å². The molecule has 0 spiro atoms. The Morgan fingerprint density at radius 3 is 2.61 bits per heavy atom. The summed E-state index contributed by atoms with van der Waals surface area (Å²) in [7, 11) is 2.94. The van der Waals surface area contributed by atoms with Gasteiger partial charge in [0.05, 0.1) is 26.0 Å². The van der Waals surface area contributed by atoms with Crippen molar-refractivity contribution in [1.29, 1.82) is 0 Å². The van der Waals surface area contributed by atoms with Crippen molar-refractivity contribution in [2.24, 2.45) is 0 Å². The van der Waals surface area contributed by atoms with Gasteiger partial charge in [0.15, 0.2) is 16.9 Å². The van der Waals surface area contributed by atoms with Gasteiger partial charge in [0.1, 0.15) is 18.3 Å². The van der Waals surface area contributed by atoms with Crippen molar-refractivity contribution in [1.82, 2.24) is 4.68 Å². The highest BCUT2D eigenvalue weighted by Crippen LogP contribution is 2.47.